The number of likely N-dealkylation sites (tertiary alicyclic amines) is 1. The van der Waals surface area contributed by atoms with Crippen molar-refractivity contribution in [1.82, 2.24) is 19.9 Å². The van der Waals surface area contributed by atoms with Crippen molar-refractivity contribution < 1.29 is 14.7 Å². The first kappa shape index (κ1) is 15.1. The number of amides is 1. The van der Waals surface area contributed by atoms with E-state index in [2.05, 4.69) is 10.3 Å². The number of carboxylic acids is 1. The van der Waals surface area contributed by atoms with Crippen LogP contribution in [0.1, 0.15) is 13.3 Å². The minimum absolute atomic E-state index is 0.136. The zero-order valence-electron chi connectivity index (χ0n) is 12.6. The molecule has 2 heterocycles. The fourth-order valence-corrected chi connectivity index (χ4v) is 2.70. The van der Waals surface area contributed by atoms with Gasteiger partial charge in [0.25, 0.3) is 5.56 Å². The van der Waals surface area contributed by atoms with E-state index in [1.165, 1.54) is 4.90 Å². The number of hydrogen-bond donors (Lipinski definition) is 1. The molecule has 8 nitrogen and oxygen atoms in total. The number of carbonyl (C=O) groups excluding carboxylic acids is 1. The van der Waals surface area contributed by atoms with Gasteiger partial charge in [0.1, 0.15) is 12.1 Å². The summed E-state index contributed by atoms with van der Waals surface area (Å²) in [5, 5.41) is 17.3. The maximum atomic E-state index is 12.3. The zero-order chi connectivity index (χ0) is 16.6. The van der Waals surface area contributed by atoms with Crippen molar-refractivity contribution >= 4 is 22.8 Å². The second kappa shape index (κ2) is 5.45. The van der Waals surface area contributed by atoms with Crippen LogP contribution in [0.25, 0.3) is 10.9 Å². The maximum Gasteiger partial charge on any atom is 0.311 e. The van der Waals surface area contributed by atoms with Gasteiger partial charge in [-0.2, -0.15) is 0 Å². The lowest BCUT2D eigenvalue weighted by molar-refractivity contribution is -0.147. The van der Waals surface area contributed by atoms with Gasteiger partial charge in [-0.3, -0.25) is 14.4 Å². The van der Waals surface area contributed by atoms with Gasteiger partial charge in [-0.1, -0.05) is 17.3 Å². The third-order valence-electron chi connectivity index (χ3n) is 4.26. The summed E-state index contributed by atoms with van der Waals surface area (Å²) in [6.07, 6.45) is 0.395. The lowest BCUT2D eigenvalue weighted by Gasteiger charge is -2.20. The Morgan fingerprint density at radius 2 is 2.09 bits per heavy atom. The van der Waals surface area contributed by atoms with Crippen molar-refractivity contribution in [3.8, 4) is 0 Å². The average molecular weight is 316 g/mol. The minimum atomic E-state index is -0.935. The Balaban J connectivity index is 1.80. The van der Waals surface area contributed by atoms with Crippen molar-refractivity contribution in [3.63, 3.8) is 0 Å². The molecule has 0 spiro atoms. The van der Waals surface area contributed by atoms with Gasteiger partial charge < -0.3 is 10.0 Å². The van der Waals surface area contributed by atoms with Crippen LogP contribution in [0.3, 0.4) is 0 Å². The molecule has 0 radical (unpaired) electrons. The number of carboxylic acid groups (broad SMARTS) is 1. The van der Waals surface area contributed by atoms with Gasteiger partial charge in [0, 0.05) is 13.1 Å². The monoisotopic (exact) mass is 316 g/mol. The van der Waals surface area contributed by atoms with Crippen LogP contribution in [0.4, 0.5) is 0 Å². The number of aromatic nitrogens is 3. The van der Waals surface area contributed by atoms with Gasteiger partial charge >= 0.3 is 5.97 Å². The largest absolute Gasteiger partial charge is 0.481 e. The van der Waals surface area contributed by atoms with Crippen LogP contribution in [0.5, 0.6) is 0 Å². The van der Waals surface area contributed by atoms with Crippen LogP contribution in [-0.4, -0.2) is 50.0 Å². The molecule has 1 N–H and O–H groups in total. The predicted octanol–water partition coefficient (Wildman–Crippen LogP) is 0.115. The van der Waals surface area contributed by atoms with Gasteiger partial charge in [-0.05, 0) is 25.5 Å². The van der Waals surface area contributed by atoms with Crippen LogP contribution in [0, 0.1) is 5.41 Å². The van der Waals surface area contributed by atoms with Gasteiger partial charge in [0.15, 0.2) is 0 Å². The molecule has 2 aromatic rings. The summed E-state index contributed by atoms with van der Waals surface area (Å²) in [5.74, 6) is -1.25. The Labute approximate surface area is 131 Å². The smallest absolute Gasteiger partial charge is 0.311 e. The molecular weight excluding hydrogens is 300 g/mol. The number of fused-ring (bicyclic) bond motifs is 1. The SMILES string of the molecule is C[C@]1(C(=O)O)CCN(C(=O)Cn2nnc3ccccc3c2=O)C1. The molecule has 0 saturated carbocycles. The first-order chi connectivity index (χ1) is 10.9. The summed E-state index contributed by atoms with van der Waals surface area (Å²) in [6, 6.07) is 6.78. The topological polar surface area (TPSA) is 105 Å². The number of benzene rings is 1. The molecule has 0 aliphatic carbocycles. The summed E-state index contributed by atoms with van der Waals surface area (Å²) in [5.41, 5.74) is -0.847. The highest BCUT2D eigenvalue weighted by molar-refractivity contribution is 5.81. The van der Waals surface area contributed by atoms with Crippen LogP contribution in [-0.2, 0) is 16.1 Å². The van der Waals surface area contributed by atoms with Gasteiger partial charge in [-0.15, -0.1) is 5.10 Å². The van der Waals surface area contributed by atoms with Gasteiger partial charge in [-0.25, -0.2) is 4.68 Å². The standard InChI is InChI=1S/C15H16N4O4/c1-15(14(22)23)6-7-18(9-15)12(20)8-19-13(21)10-4-2-3-5-11(10)16-17-19/h2-5H,6-9H2,1H3,(H,22,23)/t15-/m0/s1. The molecule has 1 aliphatic rings. The summed E-state index contributed by atoms with van der Waals surface area (Å²) in [4.78, 5) is 37.3. The van der Waals surface area contributed by atoms with E-state index in [0.717, 1.165) is 4.68 Å². The number of nitrogens with zero attached hydrogens (tertiary/aromatic N) is 4. The summed E-state index contributed by atoms with van der Waals surface area (Å²) in [6.45, 7) is 1.87. The van der Waals surface area contributed by atoms with Crippen molar-refractivity contribution in [1.29, 1.82) is 0 Å². The number of carbonyl (C=O) groups is 2. The molecule has 1 aromatic heterocycles. The first-order valence-corrected chi connectivity index (χ1v) is 7.24. The third-order valence-corrected chi connectivity index (χ3v) is 4.26. The molecule has 1 amide bonds. The molecule has 1 aliphatic heterocycles. The van der Waals surface area contributed by atoms with Gasteiger partial charge in [0.2, 0.25) is 5.91 Å². The Kier molecular flexibility index (Phi) is 3.59. The van der Waals surface area contributed by atoms with E-state index < -0.39 is 11.4 Å². The molecule has 1 atom stereocenters. The number of rotatable bonds is 3. The Bertz CT molecular complexity index is 847. The van der Waals surface area contributed by atoms with Crippen LogP contribution in [0.15, 0.2) is 29.1 Å². The van der Waals surface area contributed by atoms with Crippen LogP contribution in [0.2, 0.25) is 0 Å². The molecular formula is C15H16N4O4. The number of aliphatic carboxylic acids is 1. The Morgan fingerprint density at radius 3 is 2.78 bits per heavy atom. The Morgan fingerprint density at radius 1 is 1.35 bits per heavy atom. The fraction of sp³-hybridized carbons (Fsp3) is 0.400. The maximum absolute atomic E-state index is 12.3. The van der Waals surface area contributed by atoms with Crippen LogP contribution < -0.4 is 5.56 Å². The summed E-state index contributed by atoms with van der Waals surface area (Å²) < 4.78 is 1.01. The molecule has 1 aromatic carbocycles. The summed E-state index contributed by atoms with van der Waals surface area (Å²) >= 11 is 0. The normalized spacial score (nSPS) is 20.8. The summed E-state index contributed by atoms with van der Waals surface area (Å²) in [7, 11) is 0. The molecule has 23 heavy (non-hydrogen) atoms. The van der Waals surface area contributed by atoms with E-state index in [9.17, 15) is 19.5 Å². The highest BCUT2D eigenvalue weighted by Crippen LogP contribution is 2.30. The molecule has 120 valence electrons. The lowest BCUT2D eigenvalue weighted by Crippen LogP contribution is -2.39. The molecule has 0 unspecified atom stereocenters. The van der Waals surface area contributed by atoms with Crippen molar-refractivity contribution in [2.45, 2.75) is 19.9 Å². The minimum Gasteiger partial charge on any atom is -0.481 e. The van der Waals surface area contributed by atoms with E-state index in [1.54, 1.807) is 31.2 Å². The second-order valence-corrected chi connectivity index (χ2v) is 6.00. The quantitative estimate of drug-likeness (QED) is 0.862. The van der Waals surface area contributed by atoms with E-state index in [1.807, 2.05) is 0 Å². The van der Waals surface area contributed by atoms with Crippen molar-refractivity contribution in [3.05, 3.63) is 34.6 Å². The van der Waals surface area contributed by atoms with E-state index in [0.29, 0.717) is 23.9 Å². The average Bonchev–Trinajstić information content (AvgIpc) is 2.94. The van der Waals surface area contributed by atoms with Crippen LogP contribution >= 0.6 is 0 Å². The Hall–Kier alpha value is -2.77. The predicted molar refractivity (Wildman–Crippen MR) is 80.7 cm³/mol. The molecule has 1 saturated heterocycles. The van der Waals surface area contributed by atoms with E-state index in [-0.39, 0.29) is 24.6 Å². The highest BCUT2D eigenvalue weighted by Gasteiger charge is 2.42. The fourth-order valence-electron chi connectivity index (χ4n) is 2.70. The number of hydrogen-bond acceptors (Lipinski definition) is 5. The van der Waals surface area contributed by atoms with E-state index >= 15 is 0 Å². The molecule has 8 heteroatoms. The molecule has 3 rings (SSSR count). The molecule has 0 bridgehead atoms. The second-order valence-electron chi connectivity index (χ2n) is 6.00. The van der Waals surface area contributed by atoms with Crippen molar-refractivity contribution in [2.75, 3.05) is 13.1 Å². The lowest BCUT2D eigenvalue weighted by atomic mass is 9.90. The zero-order valence-corrected chi connectivity index (χ0v) is 12.6. The van der Waals surface area contributed by atoms with E-state index in [4.69, 9.17) is 0 Å². The van der Waals surface area contributed by atoms with Crippen molar-refractivity contribution in [2.24, 2.45) is 5.41 Å². The highest BCUT2D eigenvalue weighted by atomic mass is 16.4. The van der Waals surface area contributed by atoms with Gasteiger partial charge in [0.05, 0.1) is 10.8 Å². The third kappa shape index (κ3) is 2.67. The first-order valence-electron chi connectivity index (χ1n) is 7.24. The molecule has 1 fully saturated rings.